The van der Waals surface area contributed by atoms with Gasteiger partial charge in [0.2, 0.25) is 10.0 Å². The van der Waals surface area contributed by atoms with Crippen LogP contribution in [0.15, 0.2) is 23.1 Å². The third kappa shape index (κ3) is 5.85. The molecule has 0 unspecified atom stereocenters. The van der Waals surface area contributed by atoms with Gasteiger partial charge in [0, 0.05) is 13.0 Å². The van der Waals surface area contributed by atoms with Gasteiger partial charge >= 0.3 is 5.97 Å². The highest BCUT2D eigenvalue weighted by molar-refractivity contribution is 7.89. The first-order valence-electron chi connectivity index (χ1n) is 7.00. The number of ether oxygens (including phenoxy) is 1. The molecule has 0 spiro atoms. The van der Waals surface area contributed by atoms with E-state index in [-0.39, 0.29) is 5.97 Å². The maximum absolute atomic E-state index is 12.1. The lowest BCUT2D eigenvalue weighted by Gasteiger charge is -2.08. The summed E-state index contributed by atoms with van der Waals surface area (Å²) in [5, 5.41) is 0. The van der Waals surface area contributed by atoms with Crippen LogP contribution in [0.4, 0.5) is 0 Å². The Balaban J connectivity index is 2.40. The molecule has 21 heavy (non-hydrogen) atoms. The minimum Gasteiger partial charge on any atom is -0.469 e. The van der Waals surface area contributed by atoms with E-state index in [0.717, 1.165) is 17.5 Å². The zero-order valence-electron chi connectivity index (χ0n) is 12.8. The second kappa shape index (κ2) is 8.14. The predicted octanol–water partition coefficient (Wildman–Crippen LogP) is 2.32. The van der Waals surface area contributed by atoms with Crippen molar-refractivity contribution in [1.29, 1.82) is 0 Å². The number of methoxy groups -OCH3 is 1. The van der Waals surface area contributed by atoms with Crippen LogP contribution in [0.3, 0.4) is 0 Å². The normalized spacial score (nSPS) is 11.4. The molecule has 1 aromatic carbocycles. The van der Waals surface area contributed by atoms with Gasteiger partial charge in [-0.2, -0.15) is 0 Å². The Morgan fingerprint density at radius 3 is 2.48 bits per heavy atom. The van der Waals surface area contributed by atoms with Gasteiger partial charge in [0.15, 0.2) is 0 Å². The summed E-state index contributed by atoms with van der Waals surface area (Å²) in [5.74, 6) is -0.231. The molecule has 0 saturated carbocycles. The number of hydrogen-bond acceptors (Lipinski definition) is 4. The number of aryl methyl sites for hydroxylation is 2. The van der Waals surface area contributed by atoms with Gasteiger partial charge in [-0.25, -0.2) is 13.1 Å². The fraction of sp³-hybridized carbons (Fsp3) is 0.533. The lowest BCUT2D eigenvalue weighted by Crippen LogP contribution is -2.25. The van der Waals surface area contributed by atoms with Crippen LogP contribution in [-0.2, 0) is 19.6 Å². The van der Waals surface area contributed by atoms with Crippen molar-refractivity contribution in [3.05, 3.63) is 29.3 Å². The van der Waals surface area contributed by atoms with Crippen molar-refractivity contribution in [1.82, 2.24) is 4.72 Å². The first-order chi connectivity index (χ1) is 9.86. The Kier molecular flexibility index (Phi) is 6.84. The molecule has 0 fully saturated rings. The smallest absolute Gasteiger partial charge is 0.305 e. The minimum absolute atomic E-state index is 0.231. The summed E-state index contributed by atoms with van der Waals surface area (Å²) < 4.78 is 31.3. The number of esters is 1. The van der Waals surface area contributed by atoms with Crippen LogP contribution >= 0.6 is 0 Å². The maximum atomic E-state index is 12.1. The highest BCUT2D eigenvalue weighted by atomic mass is 32.2. The standard InChI is InChI=1S/C15H23NO4S/c1-12-8-9-14(11-13(12)2)21(18,19)16-10-6-4-5-7-15(17)20-3/h8-9,11,16H,4-7,10H2,1-3H3. The van der Waals surface area contributed by atoms with Crippen LogP contribution in [0.5, 0.6) is 0 Å². The number of nitrogens with one attached hydrogen (secondary N) is 1. The summed E-state index contributed by atoms with van der Waals surface area (Å²) in [4.78, 5) is 11.2. The van der Waals surface area contributed by atoms with Gasteiger partial charge in [-0.3, -0.25) is 4.79 Å². The second-order valence-electron chi connectivity index (χ2n) is 5.03. The van der Waals surface area contributed by atoms with Crippen LogP contribution in [0.2, 0.25) is 0 Å². The van der Waals surface area contributed by atoms with Gasteiger partial charge in [-0.15, -0.1) is 0 Å². The zero-order valence-corrected chi connectivity index (χ0v) is 13.6. The van der Waals surface area contributed by atoms with Gasteiger partial charge in [0.25, 0.3) is 0 Å². The molecule has 118 valence electrons. The van der Waals surface area contributed by atoms with Gasteiger partial charge in [0.05, 0.1) is 12.0 Å². The predicted molar refractivity (Wildman–Crippen MR) is 81.6 cm³/mol. The second-order valence-corrected chi connectivity index (χ2v) is 6.80. The molecule has 5 nitrogen and oxygen atoms in total. The lowest BCUT2D eigenvalue weighted by atomic mass is 10.1. The molecule has 0 atom stereocenters. The van der Waals surface area contributed by atoms with Crippen molar-refractivity contribution in [2.75, 3.05) is 13.7 Å². The highest BCUT2D eigenvalue weighted by Gasteiger charge is 2.13. The van der Waals surface area contributed by atoms with E-state index in [2.05, 4.69) is 9.46 Å². The summed E-state index contributed by atoms with van der Waals surface area (Å²) in [6, 6.07) is 5.09. The molecule has 0 aliphatic rings. The summed E-state index contributed by atoms with van der Waals surface area (Å²) in [6.45, 7) is 4.21. The van der Waals surface area contributed by atoms with E-state index in [1.54, 1.807) is 18.2 Å². The van der Waals surface area contributed by atoms with Gasteiger partial charge < -0.3 is 4.74 Å². The molecule has 0 aliphatic heterocycles. The molecule has 1 rings (SSSR count). The van der Waals surface area contributed by atoms with Crippen molar-refractivity contribution in [3.8, 4) is 0 Å². The largest absolute Gasteiger partial charge is 0.469 e. The number of unbranched alkanes of at least 4 members (excludes halogenated alkanes) is 2. The number of rotatable bonds is 8. The molecular formula is C15H23NO4S. The van der Waals surface area contributed by atoms with Crippen molar-refractivity contribution in [2.24, 2.45) is 0 Å². The topological polar surface area (TPSA) is 72.5 Å². The molecule has 0 saturated heterocycles. The fourth-order valence-electron chi connectivity index (χ4n) is 1.84. The molecule has 1 N–H and O–H groups in total. The monoisotopic (exact) mass is 313 g/mol. The highest BCUT2D eigenvalue weighted by Crippen LogP contribution is 2.14. The van der Waals surface area contributed by atoms with E-state index in [4.69, 9.17) is 0 Å². The van der Waals surface area contributed by atoms with Crippen LogP contribution in [-0.4, -0.2) is 28.0 Å². The van der Waals surface area contributed by atoms with Crippen LogP contribution in [0.1, 0.15) is 36.8 Å². The Bertz CT molecular complexity index is 581. The first-order valence-corrected chi connectivity index (χ1v) is 8.49. The van der Waals surface area contributed by atoms with Gasteiger partial charge in [0.1, 0.15) is 0 Å². The molecule has 6 heteroatoms. The molecule has 1 aromatic rings. The lowest BCUT2D eigenvalue weighted by molar-refractivity contribution is -0.140. The third-order valence-electron chi connectivity index (χ3n) is 3.37. The molecule has 0 radical (unpaired) electrons. The summed E-state index contributed by atoms with van der Waals surface area (Å²) in [7, 11) is -2.09. The Labute approximate surface area is 126 Å². The number of sulfonamides is 1. The van der Waals surface area contributed by atoms with Crippen LogP contribution in [0.25, 0.3) is 0 Å². The van der Waals surface area contributed by atoms with E-state index >= 15 is 0 Å². The minimum atomic E-state index is -3.45. The SMILES string of the molecule is COC(=O)CCCCCNS(=O)(=O)c1ccc(C)c(C)c1. The molecule has 0 bridgehead atoms. The molecule has 0 aromatic heterocycles. The Morgan fingerprint density at radius 2 is 1.86 bits per heavy atom. The van der Waals surface area contributed by atoms with Gasteiger partial charge in [-0.1, -0.05) is 12.5 Å². The zero-order chi connectivity index (χ0) is 15.9. The van der Waals surface area contributed by atoms with E-state index in [0.29, 0.717) is 30.7 Å². The van der Waals surface area contributed by atoms with E-state index in [1.165, 1.54) is 7.11 Å². The quantitative estimate of drug-likeness (QED) is 0.590. The van der Waals surface area contributed by atoms with E-state index < -0.39 is 10.0 Å². The average Bonchev–Trinajstić information content (AvgIpc) is 2.45. The Morgan fingerprint density at radius 1 is 1.14 bits per heavy atom. The molecular weight excluding hydrogens is 290 g/mol. The number of carbonyl (C=O) groups excluding carboxylic acids is 1. The number of benzene rings is 1. The average molecular weight is 313 g/mol. The van der Waals surface area contributed by atoms with E-state index in [9.17, 15) is 13.2 Å². The van der Waals surface area contributed by atoms with Crippen molar-refractivity contribution in [2.45, 2.75) is 44.4 Å². The summed E-state index contributed by atoms with van der Waals surface area (Å²) >= 11 is 0. The fourth-order valence-corrected chi connectivity index (χ4v) is 3.00. The van der Waals surface area contributed by atoms with Crippen LogP contribution in [0, 0.1) is 13.8 Å². The third-order valence-corrected chi connectivity index (χ3v) is 4.82. The van der Waals surface area contributed by atoms with Gasteiger partial charge in [-0.05, 0) is 49.9 Å². The summed E-state index contributed by atoms with van der Waals surface area (Å²) in [5.41, 5.74) is 2.02. The molecule has 0 aliphatic carbocycles. The first kappa shape index (κ1) is 17.7. The Hall–Kier alpha value is -1.40. The van der Waals surface area contributed by atoms with Crippen molar-refractivity contribution >= 4 is 16.0 Å². The number of hydrogen-bond donors (Lipinski definition) is 1. The summed E-state index contributed by atoms with van der Waals surface area (Å²) in [6.07, 6.45) is 2.56. The van der Waals surface area contributed by atoms with Crippen LogP contribution < -0.4 is 4.72 Å². The maximum Gasteiger partial charge on any atom is 0.305 e. The molecule has 0 heterocycles. The van der Waals surface area contributed by atoms with E-state index in [1.807, 2.05) is 13.8 Å². The van der Waals surface area contributed by atoms with Crippen molar-refractivity contribution < 1.29 is 17.9 Å². The number of carbonyl (C=O) groups is 1. The molecule has 0 amide bonds. The van der Waals surface area contributed by atoms with Crippen molar-refractivity contribution in [3.63, 3.8) is 0 Å².